The molecule has 3 N–H and O–H groups in total. The number of nitrogens with one attached hydrogen (secondary N) is 3. The third-order valence-corrected chi connectivity index (χ3v) is 11.2. The molecule has 0 saturated heterocycles. The van der Waals surface area contributed by atoms with E-state index < -0.39 is 46.8 Å². The lowest BCUT2D eigenvalue weighted by Crippen LogP contribution is -2.29. The number of anilines is 3. The standard InChI is InChI=1S/C48H38ClF5N6O3/c1-26-4-8-28(9-5-26)23-55-44-37-22-39(57-46(61)31-18-32(48(52,53)54)20-34(51)19-31)41-42(40(37)45(59-58-44)56-24-29-10-6-27(2)7-11-29)47(62)60(25-30-12-15-35(63-3)16-13-30)43(41)36-21-33(50)14-17-38(36)49/h4-22,43H,23-25H2,1-3H3,(H,55,58)(H,56,59)(H,57,61). The summed E-state index contributed by atoms with van der Waals surface area (Å²) in [5, 5.41) is 19.1. The van der Waals surface area contributed by atoms with E-state index in [0.29, 0.717) is 34.2 Å². The van der Waals surface area contributed by atoms with Gasteiger partial charge >= 0.3 is 6.18 Å². The maximum atomic E-state index is 15.4. The highest BCUT2D eigenvalue weighted by Crippen LogP contribution is 2.50. The molecular formula is C48H38ClF5N6O3. The molecule has 1 aliphatic rings. The number of halogens is 6. The van der Waals surface area contributed by atoms with Crippen LogP contribution < -0.4 is 20.7 Å². The molecular weight excluding hydrogens is 839 g/mol. The third kappa shape index (κ3) is 8.98. The van der Waals surface area contributed by atoms with Gasteiger partial charge in [0.2, 0.25) is 0 Å². The van der Waals surface area contributed by atoms with Gasteiger partial charge in [-0.2, -0.15) is 13.2 Å². The first-order chi connectivity index (χ1) is 30.2. The summed E-state index contributed by atoms with van der Waals surface area (Å²) in [7, 11) is 1.52. The number of nitrogens with zero attached hydrogens (tertiary/aromatic N) is 3. The molecule has 9 nitrogen and oxygen atoms in total. The molecule has 63 heavy (non-hydrogen) atoms. The predicted molar refractivity (Wildman–Crippen MR) is 232 cm³/mol. The van der Waals surface area contributed by atoms with Crippen LogP contribution in [-0.4, -0.2) is 34.0 Å². The van der Waals surface area contributed by atoms with Gasteiger partial charge < -0.3 is 25.6 Å². The molecule has 0 fully saturated rings. The van der Waals surface area contributed by atoms with Crippen LogP contribution in [0.15, 0.2) is 115 Å². The Labute approximate surface area is 363 Å². The van der Waals surface area contributed by atoms with E-state index in [9.17, 15) is 22.4 Å². The normalized spacial score (nSPS) is 13.6. The molecule has 0 spiro atoms. The van der Waals surface area contributed by atoms with Crippen molar-refractivity contribution in [1.29, 1.82) is 0 Å². The van der Waals surface area contributed by atoms with Crippen molar-refractivity contribution < 1.29 is 36.3 Å². The molecule has 7 aromatic rings. The van der Waals surface area contributed by atoms with Crippen molar-refractivity contribution in [2.45, 2.75) is 45.7 Å². The van der Waals surface area contributed by atoms with Gasteiger partial charge in [-0.15, -0.1) is 10.2 Å². The number of carbonyl (C=O) groups excluding carboxylic acids is 2. The first-order valence-corrected chi connectivity index (χ1v) is 20.1. The zero-order valence-electron chi connectivity index (χ0n) is 34.0. The summed E-state index contributed by atoms with van der Waals surface area (Å²) in [6.07, 6.45) is -4.96. The van der Waals surface area contributed by atoms with Crippen LogP contribution >= 0.6 is 11.6 Å². The lowest BCUT2D eigenvalue weighted by atomic mass is 9.92. The lowest BCUT2D eigenvalue weighted by molar-refractivity contribution is -0.137. The molecule has 8 rings (SSSR count). The summed E-state index contributed by atoms with van der Waals surface area (Å²) >= 11 is 6.84. The highest BCUT2D eigenvalue weighted by atomic mass is 35.5. The Hall–Kier alpha value is -7.06. The van der Waals surface area contributed by atoms with Crippen LogP contribution in [0, 0.1) is 25.5 Å². The van der Waals surface area contributed by atoms with Crippen LogP contribution in [0.1, 0.15) is 71.3 Å². The minimum absolute atomic E-state index is 0.0385. The van der Waals surface area contributed by atoms with Crippen LogP contribution in [0.5, 0.6) is 5.75 Å². The van der Waals surface area contributed by atoms with Crippen LogP contribution in [0.4, 0.5) is 39.3 Å². The molecule has 0 bridgehead atoms. The summed E-state index contributed by atoms with van der Waals surface area (Å²) in [5.41, 5.74) is 2.82. The molecule has 1 unspecified atom stereocenters. The highest BCUT2D eigenvalue weighted by Gasteiger charge is 2.44. The highest BCUT2D eigenvalue weighted by molar-refractivity contribution is 6.31. The van der Waals surface area contributed by atoms with E-state index in [0.717, 1.165) is 28.3 Å². The molecule has 1 aliphatic heterocycles. The number of methoxy groups -OCH3 is 1. The average Bonchev–Trinajstić information content (AvgIpc) is 3.54. The van der Waals surface area contributed by atoms with Gasteiger partial charge in [0.15, 0.2) is 11.6 Å². The summed E-state index contributed by atoms with van der Waals surface area (Å²) in [4.78, 5) is 31.0. The molecule has 1 aromatic heterocycles. The Bertz CT molecular complexity index is 2880. The number of amides is 2. The summed E-state index contributed by atoms with van der Waals surface area (Å²) < 4.78 is 77.0. The maximum absolute atomic E-state index is 15.4. The second-order valence-corrected chi connectivity index (χ2v) is 15.6. The number of rotatable bonds is 12. The molecule has 6 aromatic carbocycles. The third-order valence-electron chi connectivity index (χ3n) is 10.8. The number of hydrogen-bond donors (Lipinski definition) is 3. The number of hydrogen-bond acceptors (Lipinski definition) is 7. The van der Waals surface area contributed by atoms with E-state index in [2.05, 4.69) is 26.1 Å². The van der Waals surface area contributed by atoms with Crippen molar-refractivity contribution in [1.82, 2.24) is 15.1 Å². The van der Waals surface area contributed by atoms with Gasteiger partial charge in [-0.25, -0.2) is 8.78 Å². The number of benzene rings is 6. The van der Waals surface area contributed by atoms with Gasteiger partial charge in [-0.1, -0.05) is 83.4 Å². The van der Waals surface area contributed by atoms with Crippen molar-refractivity contribution in [3.05, 3.63) is 188 Å². The molecule has 320 valence electrons. The number of carbonyl (C=O) groups is 2. The van der Waals surface area contributed by atoms with Crippen molar-refractivity contribution >= 4 is 51.5 Å². The van der Waals surface area contributed by atoms with Crippen LogP contribution in [-0.2, 0) is 25.8 Å². The van der Waals surface area contributed by atoms with E-state index in [-0.39, 0.29) is 64.7 Å². The summed E-state index contributed by atoms with van der Waals surface area (Å²) in [6, 6.07) is 28.1. The van der Waals surface area contributed by atoms with Crippen molar-refractivity contribution in [2.75, 3.05) is 23.1 Å². The molecule has 0 radical (unpaired) electrons. The second-order valence-electron chi connectivity index (χ2n) is 15.2. The Balaban J connectivity index is 1.38. The van der Waals surface area contributed by atoms with Crippen LogP contribution in [0.25, 0.3) is 10.8 Å². The molecule has 0 saturated carbocycles. The van der Waals surface area contributed by atoms with E-state index in [1.54, 1.807) is 24.3 Å². The predicted octanol–water partition coefficient (Wildman–Crippen LogP) is 11.4. The molecule has 1 atom stereocenters. The van der Waals surface area contributed by atoms with Gasteiger partial charge in [0.25, 0.3) is 11.8 Å². The maximum Gasteiger partial charge on any atom is 0.416 e. The van der Waals surface area contributed by atoms with Crippen LogP contribution in [0.3, 0.4) is 0 Å². The van der Waals surface area contributed by atoms with Gasteiger partial charge in [0.05, 0.1) is 24.3 Å². The van der Waals surface area contributed by atoms with Crippen molar-refractivity contribution in [3.8, 4) is 5.75 Å². The fraction of sp³-hybridized carbons (Fsp3) is 0.167. The Morgan fingerprint density at radius 1 is 0.762 bits per heavy atom. The minimum atomic E-state index is -4.96. The Kier molecular flexibility index (Phi) is 11.7. The Morgan fingerprint density at radius 3 is 1.98 bits per heavy atom. The number of fused-ring (bicyclic) bond motifs is 3. The zero-order valence-corrected chi connectivity index (χ0v) is 34.8. The quantitative estimate of drug-likeness (QED) is 0.105. The molecule has 15 heteroatoms. The number of ether oxygens (including phenoxy) is 1. The minimum Gasteiger partial charge on any atom is -0.497 e. The zero-order chi connectivity index (χ0) is 44.6. The van der Waals surface area contributed by atoms with Crippen molar-refractivity contribution in [3.63, 3.8) is 0 Å². The fourth-order valence-electron chi connectivity index (χ4n) is 7.62. The van der Waals surface area contributed by atoms with Gasteiger partial charge in [-0.3, -0.25) is 9.59 Å². The monoisotopic (exact) mass is 876 g/mol. The van der Waals surface area contributed by atoms with Gasteiger partial charge in [-0.05, 0) is 85.1 Å². The molecule has 2 amide bonds. The lowest BCUT2D eigenvalue weighted by Gasteiger charge is -2.28. The number of aryl methyl sites for hydroxylation is 2. The molecule has 2 heterocycles. The molecule has 0 aliphatic carbocycles. The smallest absolute Gasteiger partial charge is 0.416 e. The largest absolute Gasteiger partial charge is 0.497 e. The van der Waals surface area contributed by atoms with Gasteiger partial charge in [0, 0.05) is 57.8 Å². The topological polar surface area (TPSA) is 108 Å². The first kappa shape index (κ1) is 42.6. The van der Waals surface area contributed by atoms with Crippen LogP contribution in [0.2, 0.25) is 5.02 Å². The van der Waals surface area contributed by atoms with Gasteiger partial charge in [0.1, 0.15) is 17.4 Å². The number of alkyl halides is 3. The first-order valence-electron chi connectivity index (χ1n) is 19.7. The van der Waals surface area contributed by atoms with E-state index >= 15 is 9.18 Å². The van der Waals surface area contributed by atoms with Crippen molar-refractivity contribution in [2.24, 2.45) is 0 Å². The average molecular weight is 877 g/mol. The summed E-state index contributed by atoms with van der Waals surface area (Å²) in [6.45, 7) is 4.40. The fourth-order valence-corrected chi connectivity index (χ4v) is 7.84. The second kappa shape index (κ2) is 17.4. The Morgan fingerprint density at radius 2 is 1.37 bits per heavy atom. The number of aromatic nitrogens is 2. The van der Waals surface area contributed by atoms with E-state index in [4.69, 9.17) is 16.3 Å². The van der Waals surface area contributed by atoms with E-state index in [1.165, 1.54) is 30.2 Å². The van der Waals surface area contributed by atoms with E-state index in [1.807, 2.05) is 62.4 Å². The summed E-state index contributed by atoms with van der Waals surface area (Å²) in [5.74, 6) is -2.66. The SMILES string of the molecule is COc1ccc(CN2C(=O)c3c(c(NC(=O)c4cc(F)cc(C(F)(F)F)c4)cc4c(NCc5ccc(C)cc5)nnc(NCc5ccc(C)cc5)c34)C2c2cc(F)ccc2Cl)cc1.